The number of unbranched alkanes of at least 4 members (excludes halogenated alkanes) is 4. The summed E-state index contributed by atoms with van der Waals surface area (Å²) in [6.07, 6.45) is 13.4. The third-order valence-electron chi connectivity index (χ3n) is 4.84. The van der Waals surface area contributed by atoms with Crippen molar-refractivity contribution in [1.82, 2.24) is 0 Å². The summed E-state index contributed by atoms with van der Waals surface area (Å²) in [5.41, 5.74) is 0. The molecule has 0 atom stereocenters. The third-order valence-corrected chi connectivity index (χ3v) is 6.38. The van der Waals surface area contributed by atoms with Gasteiger partial charge in [-0.2, -0.15) is 0 Å². The molecule has 0 rings (SSSR count). The van der Waals surface area contributed by atoms with Gasteiger partial charge in [-0.25, -0.2) is 20.0 Å². The normalized spacial score (nSPS) is 11.8. The largest absolute Gasteiger partial charge is 0.283 e. The Morgan fingerprint density at radius 3 is 1.16 bits per heavy atom. The van der Waals surface area contributed by atoms with Crippen LogP contribution < -0.4 is 0 Å². The van der Waals surface area contributed by atoms with Crippen LogP contribution in [0.25, 0.3) is 0 Å². The van der Waals surface area contributed by atoms with Crippen molar-refractivity contribution in [3.05, 3.63) is 0 Å². The molecule has 0 aliphatic heterocycles. The van der Waals surface area contributed by atoms with E-state index in [4.69, 9.17) is 9.98 Å². The Bertz CT molecular complexity index is 669. The maximum atomic E-state index is 4.71. The second kappa shape index (κ2) is 28.8. The number of thioether (sulfide) groups is 2. The van der Waals surface area contributed by atoms with Crippen LogP contribution in [0.3, 0.4) is 0 Å². The van der Waals surface area contributed by atoms with Gasteiger partial charge in [-0.1, -0.05) is 27.7 Å². The lowest BCUT2D eigenvalue weighted by Crippen LogP contribution is -2.00. The van der Waals surface area contributed by atoms with Crippen LogP contribution in [-0.4, -0.2) is 72.9 Å². The van der Waals surface area contributed by atoms with Crippen molar-refractivity contribution in [3.8, 4) is 0 Å². The number of aliphatic imine (C=N–C) groups is 6. The van der Waals surface area contributed by atoms with Crippen molar-refractivity contribution in [2.24, 2.45) is 41.8 Å². The van der Waals surface area contributed by atoms with E-state index in [0.717, 1.165) is 58.3 Å². The third kappa shape index (κ3) is 32.8. The van der Waals surface area contributed by atoms with E-state index < -0.39 is 0 Å². The maximum absolute atomic E-state index is 4.71. The smallest absolute Gasteiger partial charge is 0.0895 e. The molecule has 0 saturated carbocycles. The average molecular weight is 567 g/mol. The van der Waals surface area contributed by atoms with Crippen LogP contribution in [0, 0.1) is 11.8 Å². The molecule has 0 radical (unpaired) electrons. The van der Waals surface area contributed by atoms with Crippen molar-refractivity contribution in [2.45, 2.75) is 119 Å². The molecule has 6 nitrogen and oxygen atoms in total. The van der Waals surface area contributed by atoms with Crippen molar-refractivity contribution in [1.29, 1.82) is 0 Å². The highest BCUT2D eigenvalue weighted by molar-refractivity contribution is 8.13. The Morgan fingerprint density at radius 1 is 0.526 bits per heavy atom. The first kappa shape index (κ1) is 38.9. The van der Waals surface area contributed by atoms with Crippen LogP contribution in [0.2, 0.25) is 0 Å². The summed E-state index contributed by atoms with van der Waals surface area (Å²) in [6.45, 7) is 20.6. The van der Waals surface area contributed by atoms with E-state index in [9.17, 15) is 0 Å². The molecule has 0 aromatic rings. The van der Waals surface area contributed by atoms with Gasteiger partial charge in [0.05, 0.1) is 34.2 Å². The Morgan fingerprint density at radius 2 is 0.868 bits per heavy atom. The second-order valence-corrected chi connectivity index (χ2v) is 12.4. The summed E-state index contributed by atoms with van der Waals surface area (Å²) >= 11 is 3.61. The zero-order chi connectivity index (χ0) is 29.0. The van der Waals surface area contributed by atoms with Crippen molar-refractivity contribution >= 4 is 45.6 Å². The first-order valence-electron chi connectivity index (χ1n) is 14.5. The fourth-order valence-electron chi connectivity index (χ4n) is 2.90. The summed E-state index contributed by atoms with van der Waals surface area (Å²) in [7, 11) is 0. The number of hydrogen-bond acceptors (Lipinski definition) is 8. The van der Waals surface area contributed by atoms with Gasteiger partial charge in [-0.05, 0) is 103 Å². The van der Waals surface area contributed by atoms with Gasteiger partial charge in [-0.3, -0.25) is 9.98 Å². The topological polar surface area (TPSA) is 74.2 Å². The average Bonchev–Trinajstić information content (AvgIpc) is 2.84. The number of hydrogen-bond donors (Lipinski definition) is 0. The highest BCUT2D eigenvalue weighted by Gasteiger charge is 2.02. The van der Waals surface area contributed by atoms with Crippen molar-refractivity contribution < 1.29 is 0 Å². The Hall–Kier alpha value is -1.20. The van der Waals surface area contributed by atoms with Gasteiger partial charge in [0.1, 0.15) is 0 Å². The van der Waals surface area contributed by atoms with E-state index >= 15 is 0 Å². The van der Waals surface area contributed by atoms with E-state index in [0.29, 0.717) is 11.8 Å². The second-order valence-electron chi connectivity index (χ2n) is 10.7. The molecule has 220 valence electrons. The molecule has 0 unspecified atom stereocenters. The first-order chi connectivity index (χ1) is 18.1. The molecule has 0 amide bonds. The molecule has 0 spiro atoms. The lowest BCUT2D eigenvalue weighted by Gasteiger charge is -2.07. The maximum Gasteiger partial charge on any atom is 0.0895 e. The fourth-order valence-corrected chi connectivity index (χ4v) is 4.34. The van der Waals surface area contributed by atoms with Gasteiger partial charge >= 0.3 is 0 Å². The Labute approximate surface area is 244 Å². The quantitative estimate of drug-likeness (QED) is 0.0942. The molecule has 0 fully saturated rings. The number of nitrogens with zero attached hydrogens (tertiary/aromatic N) is 6. The van der Waals surface area contributed by atoms with E-state index in [-0.39, 0.29) is 12.1 Å². The van der Waals surface area contributed by atoms with Crippen LogP contribution >= 0.6 is 23.5 Å². The highest BCUT2D eigenvalue weighted by atomic mass is 32.2. The summed E-state index contributed by atoms with van der Waals surface area (Å²) < 4.78 is 0. The highest BCUT2D eigenvalue weighted by Crippen LogP contribution is 2.12. The molecule has 38 heavy (non-hydrogen) atoms. The zero-order valence-electron chi connectivity index (χ0n) is 26.3. The molecule has 8 heteroatoms. The first-order valence-corrected chi connectivity index (χ1v) is 16.9. The number of rotatable bonds is 18. The summed E-state index contributed by atoms with van der Waals surface area (Å²) in [5.74, 6) is 1.41. The summed E-state index contributed by atoms with van der Waals surface area (Å²) in [5, 5.41) is 2.62. The molecule has 0 bridgehead atoms. The molecule has 0 aromatic heterocycles. The van der Waals surface area contributed by atoms with Crippen LogP contribution in [0.5, 0.6) is 0 Å². The molecule has 0 heterocycles. The van der Waals surface area contributed by atoms with E-state index in [1.807, 2.05) is 27.7 Å². The molecule has 0 aromatic carbocycles. The van der Waals surface area contributed by atoms with Crippen LogP contribution in [-0.2, 0) is 0 Å². The van der Waals surface area contributed by atoms with Gasteiger partial charge in [-0.15, -0.1) is 23.5 Å². The predicted octanol–water partition coefficient (Wildman–Crippen LogP) is 9.09. The van der Waals surface area contributed by atoms with Gasteiger partial charge in [0.2, 0.25) is 0 Å². The predicted molar refractivity (Wildman–Crippen MR) is 178 cm³/mol. The molecule has 0 aliphatic rings. The molecular formula is C30H58N6S2. The van der Waals surface area contributed by atoms with E-state index in [1.165, 1.54) is 29.3 Å². The summed E-state index contributed by atoms with van der Waals surface area (Å²) in [6, 6.07) is 5.99. The van der Waals surface area contributed by atoms with Gasteiger partial charge < -0.3 is 0 Å². The lowest BCUT2D eigenvalue weighted by atomic mass is 10.1. The minimum absolute atomic E-state index is 0.285. The van der Waals surface area contributed by atoms with E-state index in [1.54, 1.807) is 23.5 Å². The van der Waals surface area contributed by atoms with E-state index in [2.05, 4.69) is 72.2 Å². The fraction of sp³-hybridized carbons (Fsp3) is 0.867. The molecule has 0 N–H and O–H groups in total. The molecule has 0 aliphatic carbocycles. The van der Waals surface area contributed by atoms with Crippen LogP contribution in [0.4, 0.5) is 0 Å². The zero-order valence-corrected chi connectivity index (χ0v) is 27.9. The Balaban J connectivity index is 0. The van der Waals surface area contributed by atoms with Crippen LogP contribution in [0.15, 0.2) is 30.0 Å². The molecule has 0 saturated heterocycles. The monoisotopic (exact) mass is 566 g/mol. The van der Waals surface area contributed by atoms with Gasteiger partial charge in [0, 0.05) is 26.2 Å². The van der Waals surface area contributed by atoms with Crippen LogP contribution in [0.1, 0.15) is 107 Å². The summed E-state index contributed by atoms with van der Waals surface area (Å²) in [4.78, 5) is 25.7. The SMILES string of the molecule is CC(C)N=C=NCCCCCN=C=NC(C)C.CSC(CC(C)C)=NCCCCCN=C(CC(C)C)SC. The van der Waals surface area contributed by atoms with Crippen molar-refractivity contribution in [2.75, 3.05) is 38.7 Å². The van der Waals surface area contributed by atoms with Gasteiger partial charge in [0.15, 0.2) is 0 Å². The van der Waals surface area contributed by atoms with Gasteiger partial charge in [0.25, 0.3) is 0 Å². The van der Waals surface area contributed by atoms with Crippen molar-refractivity contribution in [3.63, 3.8) is 0 Å². The molecular weight excluding hydrogens is 509 g/mol. The minimum atomic E-state index is 0.285. The Kier molecular flexibility index (Phi) is 29.5. The minimum Gasteiger partial charge on any atom is -0.283 e. The lowest BCUT2D eigenvalue weighted by molar-refractivity contribution is 0.672. The standard InChI is InChI=1S/C17H34N2S2.C13H24N4/c1-14(2)12-16(20-5)18-10-8-7-9-11-19-17(21-6)13-15(3)4;1-12(2)16-10-14-8-6-5-7-9-15-11-17-13(3)4/h14-15H,7-13H2,1-6H3;12-13H,5-9H2,1-4H3.